The molecule has 6 N–H and O–H groups in total. The van der Waals surface area contributed by atoms with Crippen LogP contribution in [-0.2, 0) is 32.5 Å². The zero-order valence-corrected chi connectivity index (χ0v) is 24.7. The first-order valence-electron chi connectivity index (χ1n) is 13.8. The second kappa shape index (κ2) is 11.9. The molecule has 41 heavy (non-hydrogen) atoms. The summed E-state index contributed by atoms with van der Waals surface area (Å²) in [4.78, 5) is 0. The van der Waals surface area contributed by atoms with Gasteiger partial charge in [0.1, 0.15) is 23.0 Å². The maximum absolute atomic E-state index is 11.0. The highest BCUT2D eigenvalue weighted by Gasteiger charge is 2.19. The number of phenols is 4. The Hall–Kier alpha value is -4.00. The van der Waals surface area contributed by atoms with Crippen molar-refractivity contribution in [2.75, 3.05) is 0 Å². The van der Waals surface area contributed by atoms with Gasteiger partial charge in [-0.1, -0.05) is 24.3 Å². The van der Waals surface area contributed by atoms with Gasteiger partial charge in [0, 0.05) is 35.1 Å². The molecule has 0 aromatic heterocycles. The number of aryl methyl sites for hydroxylation is 4. The average molecular weight is 557 g/mol. The van der Waals surface area contributed by atoms with Gasteiger partial charge in [-0.2, -0.15) is 0 Å². The molecule has 4 aromatic rings. The van der Waals surface area contributed by atoms with Gasteiger partial charge in [-0.05, 0) is 116 Å². The SMILES string of the molecule is Cc1cc(Cc2c(C)c(Cc3cc(C)c(O)c(Cc4cc(C)c(O)c(CO)c4)c3C)cc(C)c2O)cc(CO)c1O. The van der Waals surface area contributed by atoms with Crippen LogP contribution in [-0.4, -0.2) is 30.6 Å². The normalized spacial score (nSPS) is 11.3. The summed E-state index contributed by atoms with van der Waals surface area (Å²) in [6.07, 6.45) is 1.51. The van der Waals surface area contributed by atoms with Crippen LogP contribution in [0.15, 0.2) is 36.4 Å². The van der Waals surface area contributed by atoms with E-state index in [1.165, 1.54) is 0 Å². The molecule has 0 unspecified atom stereocenters. The number of rotatable bonds is 8. The van der Waals surface area contributed by atoms with Crippen LogP contribution < -0.4 is 0 Å². The fourth-order valence-electron chi connectivity index (χ4n) is 5.82. The lowest BCUT2D eigenvalue weighted by atomic mass is 9.86. The Morgan fingerprint density at radius 2 is 0.756 bits per heavy atom. The maximum atomic E-state index is 11.0. The molecule has 0 spiro atoms. The summed E-state index contributed by atoms with van der Waals surface area (Å²) in [6, 6.07) is 11.3. The second-order valence-electron chi connectivity index (χ2n) is 11.3. The van der Waals surface area contributed by atoms with E-state index in [0.717, 1.165) is 55.6 Å². The van der Waals surface area contributed by atoms with Crippen molar-refractivity contribution in [2.45, 2.75) is 74.0 Å². The molecule has 4 aromatic carbocycles. The van der Waals surface area contributed by atoms with Crippen LogP contribution in [0.3, 0.4) is 0 Å². The van der Waals surface area contributed by atoms with Crippen molar-refractivity contribution in [1.82, 2.24) is 0 Å². The molecular weight excluding hydrogens is 516 g/mol. The third-order valence-electron chi connectivity index (χ3n) is 8.33. The van der Waals surface area contributed by atoms with Crippen LogP contribution in [0.1, 0.15) is 77.9 Å². The minimum atomic E-state index is -0.266. The third kappa shape index (κ3) is 5.90. The fraction of sp³-hybridized carbons (Fsp3) is 0.314. The molecule has 4 rings (SSSR count). The number of hydrogen-bond donors (Lipinski definition) is 6. The van der Waals surface area contributed by atoms with E-state index < -0.39 is 0 Å². The van der Waals surface area contributed by atoms with Crippen molar-refractivity contribution in [2.24, 2.45) is 0 Å². The van der Waals surface area contributed by atoms with Crippen LogP contribution in [0, 0.1) is 41.5 Å². The summed E-state index contributed by atoms with van der Waals surface area (Å²) in [5, 5.41) is 61.9. The van der Waals surface area contributed by atoms with Crippen molar-refractivity contribution in [3.63, 3.8) is 0 Å². The van der Waals surface area contributed by atoms with Gasteiger partial charge in [-0.3, -0.25) is 0 Å². The van der Waals surface area contributed by atoms with Crippen LogP contribution >= 0.6 is 0 Å². The zero-order chi connectivity index (χ0) is 30.2. The van der Waals surface area contributed by atoms with Crippen LogP contribution in [0.2, 0.25) is 0 Å². The van der Waals surface area contributed by atoms with E-state index in [0.29, 0.717) is 41.5 Å². The maximum Gasteiger partial charge on any atom is 0.124 e. The lowest BCUT2D eigenvalue weighted by Gasteiger charge is -2.20. The average Bonchev–Trinajstić information content (AvgIpc) is 2.94. The largest absolute Gasteiger partial charge is 0.507 e. The summed E-state index contributed by atoms with van der Waals surface area (Å²) in [6.45, 7) is 10.8. The second-order valence-corrected chi connectivity index (χ2v) is 11.3. The summed E-state index contributed by atoms with van der Waals surface area (Å²) in [7, 11) is 0. The fourth-order valence-corrected chi connectivity index (χ4v) is 5.82. The van der Waals surface area contributed by atoms with E-state index in [1.807, 2.05) is 52.0 Å². The van der Waals surface area contributed by atoms with Crippen molar-refractivity contribution in [1.29, 1.82) is 0 Å². The van der Waals surface area contributed by atoms with E-state index in [2.05, 4.69) is 0 Å². The van der Waals surface area contributed by atoms with E-state index in [-0.39, 0.29) is 36.2 Å². The Balaban J connectivity index is 1.74. The Bertz CT molecular complexity index is 1510. The highest BCUT2D eigenvalue weighted by atomic mass is 16.3. The van der Waals surface area contributed by atoms with Gasteiger partial charge >= 0.3 is 0 Å². The highest BCUT2D eigenvalue weighted by Crippen LogP contribution is 2.37. The lowest BCUT2D eigenvalue weighted by Crippen LogP contribution is -2.05. The first kappa shape index (κ1) is 30.0. The number of phenolic OH excluding ortho intramolecular Hbond substituents is 2. The number of hydrogen-bond acceptors (Lipinski definition) is 6. The smallest absolute Gasteiger partial charge is 0.124 e. The van der Waals surface area contributed by atoms with E-state index in [9.17, 15) is 30.6 Å². The van der Waals surface area contributed by atoms with Crippen molar-refractivity contribution >= 4 is 0 Å². The van der Waals surface area contributed by atoms with Crippen LogP contribution in [0.25, 0.3) is 0 Å². The predicted octanol–water partition coefficient (Wildman–Crippen LogP) is 6.12. The molecule has 216 valence electrons. The molecule has 0 fully saturated rings. The van der Waals surface area contributed by atoms with Crippen LogP contribution in [0.4, 0.5) is 0 Å². The van der Waals surface area contributed by atoms with E-state index in [4.69, 9.17) is 0 Å². The molecule has 0 radical (unpaired) electrons. The predicted molar refractivity (Wildman–Crippen MR) is 161 cm³/mol. The molecule has 0 atom stereocenters. The molecule has 0 aliphatic carbocycles. The van der Waals surface area contributed by atoms with Gasteiger partial charge < -0.3 is 30.6 Å². The number of aliphatic hydroxyl groups is 2. The third-order valence-corrected chi connectivity index (χ3v) is 8.33. The highest BCUT2D eigenvalue weighted by molar-refractivity contribution is 5.56. The van der Waals surface area contributed by atoms with E-state index in [1.54, 1.807) is 26.0 Å². The van der Waals surface area contributed by atoms with E-state index >= 15 is 0 Å². The number of aromatic hydroxyl groups is 4. The summed E-state index contributed by atoms with van der Waals surface area (Å²) in [5.74, 6) is 0.658. The summed E-state index contributed by atoms with van der Waals surface area (Å²) >= 11 is 0. The first-order valence-corrected chi connectivity index (χ1v) is 13.8. The summed E-state index contributed by atoms with van der Waals surface area (Å²) in [5.41, 5.74) is 11.3. The molecule has 6 nitrogen and oxygen atoms in total. The molecule has 0 amide bonds. The quantitative estimate of drug-likeness (QED) is 0.156. The standard InChI is InChI=1S/C35H40O6/c1-18-7-24(11-28(16-36)32(18)38)13-30-22(5)26(9-20(3)34(30)40)15-27-10-21(4)35(41)31(23(27)6)14-25-8-19(2)33(39)29(12-25)17-37/h7-12,36-41H,13-17H2,1-6H3. The minimum absolute atomic E-state index is 0.0890. The van der Waals surface area contributed by atoms with Gasteiger partial charge in [0.25, 0.3) is 0 Å². The Labute approximate surface area is 241 Å². The molecule has 0 aliphatic heterocycles. The molecule has 6 heteroatoms. The number of aliphatic hydroxyl groups excluding tert-OH is 2. The first-order chi connectivity index (χ1) is 19.4. The monoisotopic (exact) mass is 556 g/mol. The molecule has 0 bridgehead atoms. The topological polar surface area (TPSA) is 121 Å². The molecular formula is C35H40O6. The molecule has 0 heterocycles. The Morgan fingerprint density at radius 1 is 0.415 bits per heavy atom. The lowest BCUT2D eigenvalue weighted by molar-refractivity contribution is 0.275. The van der Waals surface area contributed by atoms with Crippen LogP contribution in [0.5, 0.6) is 23.0 Å². The Morgan fingerprint density at radius 3 is 1.10 bits per heavy atom. The Kier molecular flexibility index (Phi) is 8.66. The number of benzene rings is 4. The van der Waals surface area contributed by atoms with Crippen molar-refractivity contribution < 1.29 is 30.6 Å². The van der Waals surface area contributed by atoms with Crippen molar-refractivity contribution in [3.8, 4) is 23.0 Å². The molecule has 0 aliphatic rings. The van der Waals surface area contributed by atoms with Crippen molar-refractivity contribution in [3.05, 3.63) is 114 Å². The molecule has 0 saturated carbocycles. The van der Waals surface area contributed by atoms with Gasteiger partial charge in [0.05, 0.1) is 13.2 Å². The van der Waals surface area contributed by atoms with Gasteiger partial charge in [0.2, 0.25) is 0 Å². The minimum Gasteiger partial charge on any atom is -0.507 e. The summed E-state index contributed by atoms with van der Waals surface area (Å²) < 4.78 is 0. The van der Waals surface area contributed by atoms with Gasteiger partial charge in [-0.15, -0.1) is 0 Å². The van der Waals surface area contributed by atoms with Gasteiger partial charge in [-0.25, -0.2) is 0 Å². The zero-order valence-electron chi connectivity index (χ0n) is 24.7. The molecule has 0 saturated heterocycles. The van der Waals surface area contributed by atoms with Gasteiger partial charge in [0.15, 0.2) is 0 Å².